The van der Waals surface area contributed by atoms with Crippen molar-refractivity contribution in [3.05, 3.63) is 46.0 Å². The second-order valence-electron chi connectivity index (χ2n) is 8.25. The molecular weight excluding hydrogens is 389 g/mol. The van der Waals surface area contributed by atoms with Crippen molar-refractivity contribution in [3.8, 4) is 0 Å². The minimum atomic E-state index is -0.532. The number of amides is 2. The minimum Gasteiger partial charge on any atom is -0.394 e. The molecule has 2 aliphatic rings. The van der Waals surface area contributed by atoms with Crippen LogP contribution >= 0.6 is 0 Å². The van der Waals surface area contributed by atoms with Gasteiger partial charge in [-0.2, -0.15) is 0 Å². The second-order valence-corrected chi connectivity index (χ2v) is 8.25. The summed E-state index contributed by atoms with van der Waals surface area (Å²) >= 11 is 0. The van der Waals surface area contributed by atoms with E-state index in [-0.39, 0.29) is 41.5 Å². The van der Waals surface area contributed by atoms with Crippen LogP contribution in [0.1, 0.15) is 48.9 Å². The van der Waals surface area contributed by atoms with E-state index < -0.39 is 17.2 Å². The van der Waals surface area contributed by atoms with Gasteiger partial charge in [-0.05, 0) is 56.7 Å². The Balaban J connectivity index is 1.38. The summed E-state index contributed by atoms with van der Waals surface area (Å²) in [4.78, 5) is 42.7. The van der Waals surface area contributed by atoms with Gasteiger partial charge < -0.3 is 20.3 Å². The molecule has 2 fully saturated rings. The van der Waals surface area contributed by atoms with Gasteiger partial charge in [0.25, 0.3) is 5.91 Å². The predicted octanol–water partition coefficient (Wildman–Crippen LogP) is 1.94. The topological polar surface area (TPSA) is 102 Å². The lowest BCUT2D eigenvalue weighted by Crippen LogP contribution is -2.45. The molecule has 160 valence electrons. The number of hydrogen-bond acceptors (Lipinski definition) is 4. The van der Waals surface area contributed by atoms with E-state index in [1.165, 1.54) is 18.3 Å². The number of aromatic nitrogens is 1. The zero-order chi connectivity index (χ0) is 21.3. The molecule has 1 saturated heterocycles. The minimum absolute atomic E-state index is 0.00134. The number of aromatic amines is 1. The zero-order valence-electron chi connectivity index (χ0n) is 16.7. The quantitative estimate of drug-likeness (QED) is 0.710. The molecule has 3 N–H and O–H groups in total. The van der Waals surface area contributed by atoms with Gasteiger partial charge in [0.1, 0.15) is 11.4 Å². The molecule has 0 bridgehead atoms. The number of pyridine rings is 1. The molecule has 1 aromatic heterocycles. The Morgan fingerprint density at radius 1 is 1.20 bits per heavy atom. The van der Waals surface area contributed by atoms with Crippen LogP contribution in [-0.4, -0.2) is 52.0 Å². The maximum atomic E-state index is 13.5. The van der Waals surface area contributed by atoms with Gasteiger partial charge in [-0.3, -0.25) is 14.4 Å². The van der Waals surface area contributed by atoms with Crippen molar-refractivity contribution in [1.29, 1.82) is 0 Å². The number of hydrogen-bond donors (Lipinski definition) is 3. The monoisotopic (exact) mass is 415 g/mol. The first-order valence-corrected chi connectivity index (χ1v) is 10.5. The van der Waals surface area contributed by atoms with Gasteiger partial charge in [-0.15, -0.1) is 0 Å². The second kappa shape index (κ2) is 8.55. The van der Waals surface area contributed by atoms with Gasteiger partial charge in [0.2, 0.25) is 11.3 Å². The van der Waals surface area contributed by atoms with Gasteiger partial charge in [-0.25, -0.2) is 4.39 Å². The van der Waals surface area contributed by atoms with Crippen LogP contribution in [0.4, 0.5) is 4.39 Å². The number of carbonyl (C=O) groups is 2. The van der Waals surface area contributed by atoms with Crippen LogP contribution in [0, 0.1) is 11.7 Å². The molecule has 30 heavy (non-hydrogen) atoms. The van der Waals surface area contributed by atoms with Crippen molar-refractivity contribution in [1.82, 2.24) is 15.2 Å². The number of fused-ring (bicyclic) bond motifs is 1. The first-order chi connectivity index (χ1) is 14.5. The fourth-order valence-corrected chi connectivity index (χ4v) is 4.66. The third kappa shape index (κ3) is 3.96. The van der Waals surface area contributed by atoms with E-state index in [9.17, 15) is 23.9 Å². The summed E-state index contributed by atoms with van der Waals surface area (Å²) in [6.07, 6.45) is 5.76. The molecule has 0 unspecified atom stereocenters. The van der Waals surface area contributed by atoms with Gasteiger partial charge in [-0.1, -0.05) is 0 Å². The predicted molar refractivity (Wildman–Crippen MR) is 110 cm³/mol. The highest BCUT2D eigenvalue weighted by atomic mass is 19.1. The van der Waals surface area contributed by atoms with Crippen molar-refractivity contribution in [2.24, 2.45) is 5.92 Å². The first-order valence-electron chi connectivity index (χ1n) is 10.5. The Bertz CT molecular complexity index is 1010. The molecule has 1 saturated carbocycles. The Labute approximate surface area is 173 Å². The third-order valence-electron chi connectivity index (χ3n) is 6.37. The molecule has 0 spiro atoms. The summed E-state index contributed by atoms with van der Waals surface area (Å²) in [5.41, 5.74) is -0.0806. The number of halogens is 1. The van der Waals surface area contributed by atoms with Gasteiger partial charge >= 0.3 is 0 Å². The third-order valence-corrected chi connectivity index (χ3v) is 6.37. The Morgan fingerprint density at radius 3 is 2.70 bits per heavy atom. The molecule has 7 nitrogen and oxygen atoms in total. The molecule has 1 aliphatic carbocycles. The van der Waals surface area contributed by atoms with Crippen LogP contribution in [-0.2, 0) is 4.79 Å². The number of nitrogens with zero attached hydrogens (tertiary/aromatic N) is 1. The molecular formula is C22H26FN3O4. The SMILES string of the molecule is O=C(NC1CCC(C(=O)N2CCC[C@@H]2CO)CC1)c1c[nH]c2ccc(F)cc2c1=O. The Hall–Kier alpha value is -2.74. The summed E-state index contributed by atoms with van der Waals surface area (Å²) in [7, 11) is 0. The molecule has 4 rings (SSSR count). The van der Waals surface area contributed by atoms with Crippen LogP contribution in [0.15, 0.2) is 29.2 Å². The smallest absolute Gasteiger partial charge is 0.256 e. The van der Waals surface area contributed by atoms with E-state index in [0.717, 1.165) is 18.9 Å². The van der Waals surface area contributed by atoms with Gasteiger partial charge in [0.05, 0.1) is 12.6 Å². The molecule has 1 aliphatic heterocycles. The highest BCUT2D eigenvalue weighted by Crippen LogP contribution is 2.29. The summed E-state index contributed by atoms with van der Waals surface area (Å²) in [6, 6.07) is 3.66. The average Bonchev–Trinajstić information content (AvgIpc) is 3.23. The maximum Gasteiger partial charge on any atom is 0.256 e. The molecule has 1 atom stereocenters. The summed E-state index contributed by atoms with van der Waals surface area (Å²) in [6.45, 7) is 0.702. The summed E-state index contributed by atoms with van der Waals surface area (Å²) in [5.74, 6) is -1.01. The molecule has 2 aromatic rings. The zero-order valence-corrected chi connectivity index (χ0v) is 16.7. The van der Waals surface area contributed by atoms with Crippen molar-refractivity contribution in [2.45, 2.75) is 50.6 Å². The van der Waals surface area contributed by atoms with Crippen LogP contribution in [0.3, 0.4) is 0 Å². The fourth-order valence-electron chi connectivity index (χ4n) is 4.66. The highest BCUT2D eigenvalue weighted by molar-refractivity contribution is 5.97. The van der Waals surface area contributed by atoms with Crippen molar-refractivity contribution >= 4 is 22.7 Å². The molecule has 0 radical (unpaired) electrons. The Kier molecular flexibility index (Phi) is 5.85. The van der Waals surface area contributed by atoms with E-state index in [2.05, 4.69) is 10.3 Å². The van der Waals surface area contributed by atoms with Gasteiger partial charge in [0, 0.05) is 35.6 Å². The number of benzene rings is 1. The Morgan fingerprint density at radius 2 is 1.97 bits per heavy atom. The molecule has 2 amide bonds. The number of H-pyrrole nitrogens is 1. The maximum absolute atomic E-state index is 13.5. The number of carbonyl (C=O) groups excluding carboxylic acids is 2. The van der Waals surface area contributed by atoms with E-state index in [1.54, 1.807) is 4.90 Å². The molecule has 2 heterocycles. The van der Waals surface area contributed by atoms with E-state index >= 15 is 0 Å². The normalized spacial score (nSPS) is 24.2. The van der Waals surface area contributed by atoms with Crippen LogP contribution in [0.5, 0.6) is 0 Å². The highest BCUT2D eigenvalue weighted by Gasteiger charge is 2.35. The number of nitrogens with one attached hydrogen (secondary N) is 2. The number of rotatable bonds is 4. The lowest BCUT2D eigenvalue weighted by molar-refractivity contribution is -0.138. The fraction of sp³-hybridized carbons (Fsp3) is 0.500. The first kappa shape index (κ1) is 20.5. The number of aliphatic hydroxyl groups is 1. The van der Waals surface area contributed by atoms with E-state index in [4.69, 9.17) is 0 Å². The number of aliphatic hydroxyl groups excluding tert-OH is 1. The van der Waals surface area contributed by atoms with Crippen molar-refractivity contribution in [2.75, 3.05) is 13.2 Å². The molecule has 8 heteroatoms. The number of likely N-dealkylation sites (tertiary alicyclic amines) is 1. The summed E-state index contributed by atoms with van der Waals surface area (Å²) < 4.78 is 13.5. The lowest BCUT2D eigenvalue weighted by Gasteiger charge is -2.32. The standard InChI is InChI=1S/C22H26FN3O4/c23-14-5-8-19-17(10-14)20(28)18(11-24-19)21(29)25-15-6-3-13(4-7-15)22(30)26-9-1-2-16(26)12-27/h5,8,10-11,13,15-16,27H,1-4,6-7,9,12H2,(H,24,28)(H,25,29)/t13?,15?,16-/m1/s1. The largest absolute Gasteiger partial charge is 0.394 e. The van der Waals surface area contributed by atoms with Gasteiger partial charge in [0.15, 0.2) is 0 Å². The van der Waals surface area contributed by atoms with E-state index in [0.29, 0.717) is 37.7 Å². The van der Waals surface area contributed by atoms with Crippen LogP contribution in [0.25, 0.3) is 10.9 Å². The van der Waals surface area contributed by atoms with Crippen LogP contribution < -0.4 is 10.7 Å². The van der Waals surface area contributed by atoms with Crippen LogP contribution in [0.2, 0.25) is 0 Å². The lowest BCUT2D eigenvalue weighted by atomic mass is 9.85. The average molecular weight is 415 g/mol. The van der Waals surface area contributed by atoms with Crippen molar-refractivity contribution in [3.63, 3.8) is 0 Å². The van der Waals surface area contributed by atoms with Crippen molar-refractivity contribution < 1.29 is 19.1 Å². The molecule has 1 aromatic carbocycles. The van der Waals surface area contributed by atoms with E-state index in [1.807, 2.05) is 0 Å². The summed E-state index contributed by atoms with van der Waals surface area (Å²) in [5, 5.41) is 12.5.